The fourth-order valence-electron chi connectivity index (χ4n) is 2.97. The van der Waals surface area contributed by atoms with E-state index in [9.17, 15) is 4.79 Å². The summed E-state index contributed by atoms with van der Waals surface area (Å²) in [5.41, 5.74) is 2.53. The Morgan fingerprint density at radius 1 is 1.20 bits per heavy atom. The van der Waals surface area contributed by atoms with E-state index in [0.29, 0.717) is 47.7 Å². The lowest BCUT2D eigenvalue weighted by molar-refractivity contribution is 0.0950. The third kappa shape index (κ3) is 5.54. The molecule has 1 aromatic heterocycles. The van der Waals surface area contributed by atoms with E-state index in [2.05, 4.69) is 10.4 Å². The van der Waals surface area contributed by atoms with Crippen LogP contribution in [0.3, 0.4) is 0 Å². The molecule has 0 aliphatic rings. The molecule has 30 heavy (non-hydrogen) atoms. The Labute approximate surface area is 181 Å². The zero-order chi connectivity index (χ0) is 21.5. The lowest BCUT2D eigenvalue weighted by Crippen LogP contribution is -2.24. The van der Waals surface area contributed by atoms with Gasteiger partial charge in [0.05, 0.1) is 25.3 Å². The Morgan fingerprint density at radius 2 is 1.97 bits per heavy atom. The molecule has 6 nitrogen and oxygen atoms in total. The van der Waals surface area contributed by atoms with Crippen LogP contribution >= 0.6 is 11.6 Å². The van der Waals surface area contributed by atoms with E-state index in [4.69, 9.17) is 21.1 Å². The van der Waals surface area contributed by atoms with E-state index in [1.54, 1.807) is 18.3 Å². The number of amides is 1. The monoisotopic (exact) mass is 427 g/mol. The lowest BCUT2D eigenvalue weighted by atomic mass is 10.1. The van der Waals surface area contributed by atoms with E-state index in [-0.39, 0.29) is 5.91 Å². The van der Waals surface area contributed by atoms with Gasteiger partial charge in [-0.05, 0) is 35.2 Å². The number of methoxy groups -OCH3 is 1. The molecule has 0 saturated carbocycles. The average molecular weight is 428 g/mol. The van der Waals surface area contributed by atoms with Gasteiger partial charge in [0.25, 0.3) is 5.91 Å². The van der Waals surface area contributed by atoms with Crippen molar-refractivity contribution in [2.24, 2.45) is 5.92 Å². The molecule has 0 atom stereocenters. The third-order valence-electron chi connectivity index (χ3n) is 4.50. The van der Waals surface area contributed by atoms with Crippen molar-refractivity contribution >= 4 is 17.5 Å². The number of carbonyl (C=O) groups excluding carboxylic acids is 1. The first-order chi connectivity index (χ1) is 14.5. The van der Waals surface area contributed by atoms with Gasteiger partial charge in [-0.25, -0.2) is 0 Å². The fourth-order valence-corrected chi connectivity index (χ4v) is 3.24. The van der Waals surface area contributed by atoms with E-state index >= 15 is 0 Å². The van der Waals surface area contributed by atoms with Gasteiger partial charge < -0.3 is 14.8 Å². The smallest absolute Gasteiger partial charge is 0.251 e. The SMILES string of the molecule is COc1cc(C(=O)NCc2ccccc2Cn2cccn2)cc(Cl)c1OCC(C)C. The Bertz CT molecular complexity index is 987. The van der Waals surface area contributed by atoms with Gasteiger partial charge in [0, 0.05) is 24.5 Å². The Balaban J connectivity index is 1.72. The molecule has 3 rings (SSSR count). The van der Waals surface area contributed by atoms with Crippen molar-refractivity contribution in [2.75, 3.05) is 13.7 Å². The van der Waals surface area contributed by atoms with Crippen LogP contribution in [0.15, 0.2) is 54.9 Å². The summed E-state index contributed by atoms with van der Waals surface area (Å²) in [6.45, 7) is 5.63. The molecule has 0 fully saturated rings. The molecule has 3 aromatic rings. The van der Waals surface area contributed by atoms with E-state index < -0.39 is 0 Å². The number of rotatable bonds is 9. The van der Waals surface area contributed by atoms with Crippen molar-refractivity contribution in [1.82, 2.24) is 15.1 Å². The molecule has 158 valence electrons. The average Bonchev–Trinajstić information content (AvgIpc) is 3.24. The molecule has 0 saturated heterocycles. The van der Waals surface area contributed by atoms with Crippen molar-refractivity contribution < 1.29 is 14.3 Å². The van der Waals surface area contributed by atoms with E-state index in [0.717, 1.165) is 11.1 Å². The molecule has 2 aromatic carbocycles. The summed E-state index contributed by atoms with van der Waals surface area (Å²) < 4.78 is 13.0. The van der Waals surface area contributed by atoms with Crippen LogP contribution in [-0.4, -0.2) is 29.4 Å². The maximum absolute atomic E-state index is 12.8. The summed E-state index contributed by atoms with van der Waals surface area (Å²) in [4.78, 5) is 12.8. The van der Waals surface area contributed by atoms with Crippen LogP contribution in [0.4, 0.5) is 0 Å². The maximum Gasteiger partial charge on any atom is 0.251 e. The number of halogens is 1. The lowest BCUT2D eigenvalue weighted by Gasteiger charge is -2.16. The minimum atomic E-state index is -0.237. The highest BCUT2D eigenvalue weighted by molar-refractivity contribution is 6.32. The topological polar surface area (TPSA) is 65.4 Å². The van der Waals surface area contributed by atoms with Crippen LogP contribution in [0.2, 0.25) is 5.02 Å². The molecule has 0 aliphatic carbocycles. The molecule has 0 spiro atoms. The summed E-state index contributed by atoms with van der Waals surface area (Å²) in [5.74, 6) is 0.997. The normalized spacial score (nSPS) is 10.8. The molecule has 7 heteroatoms. The van der Waals surface area contributed by atoms with Crippen molar-refractivity contribution in [3.05, 3.63) is 76.6 Å². The number of benzene rings is 2. The predicted molar refractivity (Wildman–Crippen MR) is 117 cm³/mol. The van der Waals surface area contributed by atoms with Crippen LogP contribution in [0.5, 0.6) is 11.5 Å². The van der Waals surface area contributed by atoms with Crippen molar-refractivity contribution in [3.8, 4) is 11.5 Å². The quantitative estimate of drug-likeness (QED) is 0.543. The number of hydrogen-bond donors (Lipinski definition) is 1. The Hall–Kier alpha value is -2.99. The van der Waals surface area contributed by atoms with Gasteiger partial charge in [-0.3, -0.25) is 9.48 Å². The maximum atomic E-state index is 12.8. The third-order valence-corrected chi connectivity index (χ3v) is 4.78. The van der Waals surface area contributed by atoms with Crippen LogP contribution in [0.1, 0.15) is 35.3 Å². The molecule has 1 heterocycles. The number of hydrogen-bond acceptors (Lipinski definition) is 4. The van der Waals surface area contributed by atoms with E-state index in [1.807, 2.05) is 55.1 Å². The van der Waals surface area contributed by atoms with Crippen LogP contribution < -0.4 is 14.8 Å². The molecule has 0 radical (unpaired) electrons. The highest BCUT2D eigenvalue weighted by atomic mass is 35.5. The minimum absolute atomic E-state index is 0.237. The number of nitrogens with zero attached hydrogens (tertiary/aromatic N) is 2. The van der Waals surface area contributed by atoms with Gasteiger partial charge in [-0.2, -0.15) is 5.10 Å². The molecule has 0 aliphatic heterocycles. The van der Waals surface area contributed by atoms with Gasteiger partial charge in [0.1, 0.15) is 0 Å². The number of ether oxygens (including phenoxy) is 2. The van der Waals surface area contributed by atoms with Gasteiger partial charge in [-0.1, -0.05) is 49.7 Å². The second-order valence-electron chi connectivity index (χ2n) is 7.35. The molecule has 0 unspecified atom stereocenters. The summed E-state index contributed by atoms with van der Waals surface area (Å²) in [5, 5.41) is 7.55. The second-order valence-corrected chi connectivity index (χ2v) is 7.76. The molecule has 0 bridgehead atoms. The number of nitrogens with one attached hydrogen (secondary N) is 1. The zero-order valence-corrected chi connectivity index (χ0v) is 18.1. The fraction of sp³-hybridized carbons (Fsp3) is 0.304. The number of aromatic nitrogens is 2. The van der Waals surface area contributed by atoms with Crippen LogP contribution in [0.25, 0.3) is 0 Å². The first kappa shape index (κ1) is 21.7. The Morgan fingerprint density at radius 3 is 2.63 bits per heavy atom. The van der Waals surface area contributed by atoms with E-state index in [1.165, 1.54) is 7.11 Å². The standard InChI is InChI=1S/C23H26ClN3O3/c1-16(2)15-30-22-20(24)11-19(12-21(22)29-3)23(28)25-13-17-7-4-5-8-18(17)14-27-10-6-9-26-27/h4-12,16H,13-15H2,1-3H3,(H,25,28). The first-order valence-corrected chi connectivity index (χ1v) is 10.2. The zero-order valence-electron chi connectivity index (χ0n) is 17.4. The molecule has 1 amide bonds. The van der Waals surface area contributed by atoms with Gasteiger partial charge >= 0.3 is 0 Å². The Kier molecular flexibility index (Phi) is 7.36. The number of carbonyl (C=O) groups is 1. The van der Waals surface area contributed by atoms with Gasteiger partial charge in [-0.15, -0.1) is 0 Å². The first-order valence-electron chi connectivity index (χ1n) is 9.80. The van der Waals surface area contributed by atoms with Crippen molar-refractivity contribution in [1.29, 1.82) is 0 Å². The highest BCUT2D eigenvalue weighted by Crippen LogP contribution is 2.36. The van der Waals surface area contributed by atoms with Crippen molar-refractivity contribution in [3.63, 3.8) is 0 Å². The summed E-state index contributed by atoms with van der Waals surface area (Å²) in [6, 6.07) is 13.1. The molecule has 1 N–H and O–H groups in total. The predicted octanol–water partition coefficient (Wildman–Crippen LogP) is 4.56. The summed E-state index contributed by atoms with van der Waals surface area (Å²) >= 11 is 6.37. The minimum Gasteiger partial charge on any atom is -0.493 e. The summed E-state index contributed by atoms with van der Waals surface area (Å²) in [7, 11) is 1.53. The second kappa shape index (κ2) is 10.2. The molecular weight excluding hydrogens is 402 g/mol. The van der Waals surface area contributed by atoms with Gasteiger partial charge in [0.2, 0.25) is 0 Å². The highest BCUT2D eigenvalue weighted by Gasteiger charge is 2.16. The largest absolute Gasteiger partial charge is 0.493 e. The van der Waals surface area contributed by atoms with Gasteiger partial charge in [0.15, 0.2) is 11.5 Å². The summed E-state index contributed by atoms with van der Waals surface area (Å²) in [6.07, 6.45) is 3.66. The van der Waals surface area contributed by atoms with Crippen LogP contribution in [-0.2, 0) is 13.1 Å². The van der Waals surface area contributed by atoms with Crippen molar-refractivity contribution in [2.45, 2.75) is 26.9 Å². The molecular formula is C23H26ClN3O3. The van der Waals surface area contributed by atoms with Crippen LogP contribution in [0, 0.1) is 5.92 Å².